The predicted molar refractivity (Wildman–Crippen MR) is 68.7 cm³/mol. The second-order valence-corrected chi connectivity index (χ2v) is 5.20. The predicted octanol–water partition coefficient (Wildman–Crippen LogP) is 2.46. The average Bonchev–Trinajstić information content (AvgIpc) is 2.93. The molecule has 1 aliphatic rings. The largest absolute Gasteiger partial charge is 0.493 e. The molecule has 0 heterocycles. The van der Waals surface area contributed by atoms with Crippen molar-refractivity contribution >= 4 is 0 Å². The third-order valence-corrected chi connectivity index (χ3v) is 3.33. The molecule has 3 heteroatoms. The topological polar surface area (TPSA) is 30.5 Å². The Morgan fingerprint density at radius 1 is 1.29 bits per heavy atom. The first-order chi connectivity index (χ1) is 8.13. The van der Waals surface area contributed by atoms with E-state index in [1.807, 2.05) is 24.3 Å². The van der Waals surface area contributed by atoms with Crippen molar-refractivity contribution in [2.75, 3.05) is 20.3 Å². The molecule has 1 unspecified atom stereocenters. The Labute approximate surface area is 103 Å². The van der Waals surface area contributed by atoms with E-state index in [-0.39, 0.29) is 0 Å². The van der Waals surface area contributed by atoms with Crippen molar-refractivity contribution in [1.82, 2.24) is 5.32 Å². The van der Waals surface area contributed by atoms with Gasteiger partial charge in [0.2, 0.25) is 0 Å². The van der Waals surface area contributed by atoms with Crippen LogP contribution in [-0.4, -0.2) is 26.3 Å². The Bertz CT molecular complexity index is 376. The van der Waals surface area contributed by atoms with Crippen LogP contribution in [0.5, 0.6) is 11.5 Å². The molecule has 1 aromatic rings. The van der Waals surface area contributed by atoms with Gasteiger partial charge in [0.15, 0.2) is 11.5 Å². The molecular formula is C14H21NO2. The third kappa shape index (κ3) is 3.13. The summed E-state index contributed by atoms with van der Waals surface area (Å²) in [4.78, 5) is 0. The summed E-state index contributed by atoms with van der Waals surface area (Å²) in [6.45, 7) is 6.12. The molecule has 1 aromatic carbocycles. The number of benzene rings is 1. The minimum absolute atomic E-state index is 0.477. The number of ether oxygens (including phenoxy) is 2. The zero-order valence-electron chi connectivity index (χ0n) is 10.8. The molecule has 0 spiro atoms. The monoisotopic (exact) mass is 235 g/mol. The van der Waals surface area contributed by atoms with Gasteiger partial charge in [0.1, 0.15) is 6.61 Å². The van der Waals surface area contributed by atoms with Crippen LogP contribution >= 0.6 is 0 Å². The highest BCUT2D eigenvalue weighted by molar-refractivity contribution is 5.39. The van der Waals surface area contributed by atoms with Gasteiger partial charge in [-0.2, -0.15) is 0 Å². The molecule has 1 fully saturated rings. The summed E-state index contributed by atoms with van der Waals surface area (Å²) in [5, 5.41) is 3.49. The van der Waals surface area contributed by atoms with Crippen LogP contribution in [-0.2, 0) is 0 Å². The number of nitrogens with one attached hydrogen (secondary N) is 1. The van der Waals surface area contributed by atoms with Crippen LogP contribution in [0.2, 0.25) is 0 Å². The number of rotatable bonds is 6. The first-order valence-corrected chi connectivity index (χ1v) is 6.13. The number of para-hydroxylation sites is 2. The lowest BCUT2D eigenvalue weighted by atomic mass is 10.2. The molecule has 17 heavy (non-hydrogen) atoms. The molecule has 1 aliphatic carbocycles. The molecule has 1 saturated carbocycles. The summed E-state index contributed by atoms with van der Waals surface area (Å²) >= 11 is 0. The van der Waals surface area contributed by atoms with E-state index in [0.717, 1.165) is 18.0 Å². The molecular weight excluding hydrogens is 214 g/mol. The zero-order chi connectivity index (χ0) is 12.3. The lowest BCUT2D eigenvalue weighted by Gasteiger charge is -2.11. The minimum atomic E-state index is 0.477. The molecule has 1 N–H and O–H groups in total. The number of methoxy groups -OCH3 is 1. The summed E-state index contributed by atoms with van der Waals surface area (Å²) in [5.74, 6) is 1.60. The maximum atomic E-state index is 5.69. The third-order valence-electron chi connectivity index (χ3n) is 3.33. The SMILES string of the molecule is COc1ccccc1OCCNC1CC1(C)C. The quantitative estimate of drug-likeness (QED) is 0.768. The van der Waals surface area contributed by atoms with Crippen molar-refractivity contribution < 1.29 is 9.47 Å². The fourth-order valence-electron chi connectivity index (χ4n) is 1.95. The summed E-state index contributed by atoms with van der Waals surface area (Å²) in [5.41, 5.74) is 0.477. The van der Waals surface area contributed by atoms with E-state index in [1.165, 1.54) is 6.42 Å². The van der Waals surface area contributed by atoms with Crippen molar-refractivity contribution in [3.05, 3.63) is 24.3 Å². The van der Waals surface area contributed by atoms with Gasteiger partial charge < -0.3 is 14.8 Å². The van der Waals surface area contributed by atoms with Gasteiger partial charge in [-0.15, -0.1) is 0 Å². The molecule has 0 aliphatic heterocycles. The highest BCUT2D eigenvalue weighted by Crippen LogP contribution is 2.44. The summed E-state index contributed by atoms with van der Waals surface area (Å²) in [6, 6.07) is 8.39. The van der Waals surface area contributed by atoms with Crippen LogP contribution in [0, 0.1) is 5.41 Å². The lowest BCUT2D eigenvalue weighted by molar-refractivity contribution is 0.289. The van der Waals surface area contributed by atoms with Crippen LogP contribution in [0.3, 0.4) is 0 Å². The minimum Gasteiger partial charge on any atom is -0.493 e. The van der Waals surface area contributed by atoms with Gasteiger partial charge in [-0.25, -0.2) is 0 Å². The van der Waals surface area contributed by atoms with Crippen molar-refractivity contribution in [3.8, 4) is 11.5 Å². The van der Waals surface area contributed by atoms with E-state index >= 15 is 0 Å². The summed E-state index contributed by atoms with van der Waals surface area (Å²) < 4.78 is 10.9. The van der Waals surface area contributed by atoms with E-state index in [4.69, 9.17) is 9.47 Å². The van der Waals surface area contributed by atoms with Crippen molar-refractivity contribution in [1.29, 1.82) is 0 Å². The number of hydrogen-bond acceptors (Lipinski definition) is 3. The molecule has 94 valence electrons. The first kappa shape index (κ1) is 12.2. The molecule has 0 radical (unpaired) electrons. The van der Waals surface area contributed by atoms with E-state index in [9.17, 15) is 0 Å². The Kier molecular flexibility index (Phi) is 3.57. The van der Waals surface area contributed by atoms with E-state index in [0.29, 0.717) is 18.1 Å². The van der Waals surface area contributed by atoms with Gasteiger partial charge in [0, 0.05) is 12.6 Å². The van der Waals surface area contributed by atoms with Gasteiger partial charge in [0.05, 0.1) is 7.11 Å². The summed E-state index contributed by atoms with van der Waals surface area (Å²) in [6.07, 6.45) is 1.27. The second kappa shape index (κ2) is 4.96. The van der Waals surface area contributed by atoms with Crippen molar-refractivity contribution in [2.24, 2.45) is 5.41 Å². The zero-order valence-corrected chi connectivity index (χ0v) is 10.8. The van der Waals surface area contributed by atoms with Crippen LogP contribution < -0.4 is 14.8 Å². The van der Waals surface area contributed by atoms with E-state index < -0.39 is 0 Å². The fraction of sp³-hybridized carbons (Fsp3) is 0.571. The van der Waals surface area contributed by atoms with Crippen LogP contribution in [0.1, 0.15) is 20.3 Å². The van der Waals surface area contributed by atoms with Gasteiger partial charge in [0.25, 0.3) is 0 Å². The van der Waals surface area contributed by atoms with Gasteiger partial charge >= 0.3 is 0 Å². The maximum Gasteiger partial charge on any atom is 0.161 e. The van der Waals surface area contributed by atoms with Crippen LogP contribution in [0.25, 0.3) is 0 Å². The molecule has 2 rings (SSSR count). The molecule has 1 atom stereocenters. The summed E-state index contributed by atoms with van der Waals surface area (Å²) in [7, 11) is 1.66. The molecule has 0 amide bonds. The molecule has 0 aromatic heterocycles. The molecule has 0 saturated heterocycles. The Hall–Kier alpha value is -1.22. The Balaban J connectivity index is 1.71. The smallest absolute Gasteiger partial charge is 0.161 e. The highest BCUT2D eigenvalue weighted by Gasteiger charge is 2.44. The standard InChI is InChI=1S/C14H21NO2/c1-14(2)10-13(14)15-8-9-17-12-7-5-4-6-11(12)16-3/h4-7,13,15H,8-10H2,1-3H3. The number of hydrogen-bond donors (Lipinski definition) is 1. The Morgan fingerprint density at radius 3 is 2.53 bits per heavy atom. The maximum absolute atomic E-state index is 5.69. The molecule has 0 bridgehead atoms. The van der Waals surface area contributed by atoms with Crippen molar-refractivity contribution in [2.45, 2.75) is 26.3 Å². The Morgan fingerprint density at radius 2 is 1.94 bits per heavy atom. The van der Waals surface area contributed by atoms with E-state index in [2.05, 4.69) is 19.2 Å². The highest BCUT2D eigenvalue weighted by atomic mass is 16.5. The second-order valence-electron chi connectivity index (χ2n) is 5.20. The first-order valence-electron chi connectivity index (χ1n) is 6.13. The van der Waals surface area contributed by atoms with Crippen molar-refractivity contribution in [3.63, 3.8) is 0 Å². The van der Waals surface area contributed by atoms with E-state index in [1.54, 1.807) is 7.11 Å². The van der Waals surface area contributed by atoms with Crippen LogP contribution in [0.4, 0.5) is 0 Å². The average molecular weight is 235 g/mol. The van der Waals surface area contributed by atoms with Crippen LogP contribution in [0.15, 0.2) is 24.3 Å². The normalized spacial score (nSPS) is 21.0. The van der Waals surface area contributed by atoms with Gasteiger partial charge in [-0.05, 0) is 24.0 Å². The van der Waals surface area contributed by atoms with Gasteiger partial charge in [-0.3, -0.25) is 0 Å². The lowest BCUT2D eigenvalue weighted by Crippen LogP contribution is -2.25. The fourth-order valence-corrected chi connectivity index (χ4v) is 1.95. The van der Waals surface area contributed by atoms with Gasteiger partial charge in [-0.1, -0.05) is 26.0 Å². The molecule has 3 nitrogen and oxygen atoms in total.